The highest BCUT2D eigenvalue weighted by Gasteiger charge is 2.27. The second kappa shape index (κ2) is 8.43. The van der Waals surface area contributed by atoms with Crippen molar-refractivity contribution in [2.75, 3.05) is 20.3 Å². The van der Waals surface area contributed by atoms with Gasteiger partial charge >= 0.3 is 5.97 Å². The van der Waals surface area contributed by atoms with Crippen molar-refractivity contribution in [3.05, 3.63) is 52.1 Å². The fraction of sp³-hybridized carbons (Fsp3) is 0.364. The molecule has 3 aromatic rings. The number of hydrogen-bond donors (Lipinski definition) is 0. The predicted molar refractivity (Wildman–Crippen MR) is 112 cm³/mol. The second-order valence-electron chi connectivity index (χ2n) is 6.48. The lowest BCUT2D eigenvalue weighted by Crippen LogP contribution is -2.22. The van der Waals surface area contributed by atoms with Crippen molar-refractivity contribution in [3.63, 3.8) is 0 Å². The molecule has 2 heterocycles. The lowest BCUT2D eigenvalue weighted by atomic mass is 10.2. The summed E-state index contributed by atoms with van der Waals surface area (Å²) >= 11 is 0. The largest absolute Gasteiger partial charge is 0.497 e. The summed E-state index contributed by atoms with van der Waals surface area (Å²) in [5, 5.41) is 0.366. The van der Waals surface area contributed by atoms with Crippen LogP contribution >= 0.6 is 0 Å². The van der Waals surface area contributed by atoms with Crippen molar-refractivity contribution in [1.82, 2.24) is 9.13 Å². The molecule has 3 rings (SSSR count). The number of nitrogens with zero attached hydrogens (tertiary/aromatic N) is 2. The Labute approximate surface area is 169 Å². The van der Waals surface area contributed by atoms with E-state index in [0.717, 1.165) is 11.4 Å². The molecule has 154 valence electrons. The van der Waals surface area contributed by atoms with Crippen LogP contribution < -0.4 is 15.0 Å². The molecule has 0 atom stereocenters. The molecule has 0 spiro atoms. The topological polar surface area (TPSA) is 71.7 Å². The molecule has 0 aliphatic heterocycles. The third-order valence-corrected chi connectivity index (χ3v) is 4.85. The van der Waals surface area contributed by atoms with Crippen molar-refractivity contribution in [2.24, 2.45) is 7.05 Å². The molecule has 0 unspecified atom stereocenters. The molecular formula is C22H26N2O5. The van der Waals surface area contributed by atoms with Gasteiger partial charge in [-0.05, 0) is 50.6 Å². The minimum Gasteiger partial charge on any atom is -0.497 e. The molecular weight excluding hydrogens is 372 g/mol. The fourth-order valence-electron chi connectivity index (χ4n) is 3.50. The number of carbonyl (C=O) groups is 1. The van der Waals surface area contributed by atoms with Crippen LogP contribution in [0.4, 0.5) is 0 Å². The van der Waals surface area contributed by atoms with E-state index in [0.29, 0.717) is 29.7 Å². The zero-order valence-corrected chi connectivity index (χ0v) is 17.4. The third-order valence-electron chi connectivity index (χ3n) is 4.85. The van der Waals surface area contributed by atoms with E-state index >= 15 is 0 Å². The zero-order chi connectivity index (χ0) is 21.1. The molecule has 0 radical (unpaired) electrons. The highest BCUT2D eigenvalue weighted by Crippen LogP contribution is 2.32. The van der Waals surface area contributed by atoms with Gasteiger partial charge in [-0.25, -0.2) is 4.79 Å². The number of hydrogen-bond acceptors (Lipinski definition) is 5. The fourth-order valence-corrected chi connectivity index (χ4v) is 3.50. The highest BCUT2D eigenvalue weighted by molar-refractivity contribution is 6.01. The third kappa shape index (κ3) is 3.48. The van der Waals surface area contributed by atoms with Crippen LogP contribution in [-0.2, 0) is 18.2 Å². The van der Waals surface area contributed by atoms with Crippen LogP contribution in [0.15, 0.2) is 35.1 Å². The predicted octanol–water partition coefficient (Wildman–Crippen LogP) is 3.48. The molecule has 7 nitrogen and oxygen atoms in total. The van der Waals surface area contributed by atoms with Crippen molar-refractivity contribution in [2.45, 2.75) is 27.2 Å². The number of pyridine rings is 1. The van der Waals surface area contributed by atoms with Gasteiger partial charge in [0, 0.05) is 18.4 Å². The molecule has 1 aromatic carbocycles. The van der Waals surface area contributed by atoms with Gasteiger partial charge in [-0.2, -0.15) is 0 Å². The Morgan fingerprint density at radius 1 is 1.07 bits per heavy atom. The maximum Gasteiger partial charge on any atom is 0.358 e. The van der Waals surface area contributed by atoms with E-state index in [-0.39, 0.29) is 23.6 Å². The van der Waals surface area contributed by atoms with Crippen molar-refractivity contribution in [1.29, 1.82) is 0 Å². The summed E-state index contributed by atoms with van der Waals surface area (Å²) in [5.74, 6) is 0.460. The summed E-state index contributed by atoms with van der Waals surface area (Å²) in [6.07, 6.45) is 0.640. The smallest absolute Gasteiger partial charge is 0.358 e. The lowest BCUT2D eigenvalue weighted by molar-refractivity contribution is 0.0511. The normalized spacial score (nSPS) is 10.9. The lowest BCUT2D eigenvalue weighted by Gasteiger charge is -2.13. The van der Waals surface area contributed by atoms with E-state index in [1.54, 1.807) is 30.2 Å². The van der Waals surface area contributed by atoms with Crippen LogP contribution in [-0.4, -0.2) is 35.4 Å². The van der Waals surface area contributed by atoms with Gasteiger partial charge in [-0.1, -0.05) is 6.92 Å². The van der Waals surface area contributed by atoms with E-state index in [2.05, 4.69) is 0 Å². The first kappa shape index (κ1) is 20.5. The molecule has 0 N–H and O–H groups in total. The molecule has 0 aliphatic carbocycles. The van der Waals surface area contributed by atoms with Gasteiger partial charge < -0.3 is 18.8 Å². The van der Waals surface area contributed by atoms with Gasteiger partial charge in [-0.15, -0.1) is 0 Å². The van der Waals surface area contributed by atoms with Crippen LogP contribution in [0.1, 0.15) is 37.0 Å². The first-order chi connectivity index (χ1) is 14.0. The maximum atomic E-state index is 13.6. The van der Waals surface area contributed by atoms with E-state index in [9.17, 15) is 9.59 Å². The maximum absolute atomic E-state index is 13.6. The van der Waals surface area contributed by atoms with Crippen molar-refractivity contribution >= 4 is 16.9 Å². The van der Waals surface area contributed by atoms with Gasteiger partial charge in [0.1, 0.15) is 11.1 Å². The van der Waals surface area contributed by atoms with E-state index in [1.807, 2.05) is 44.2 Å². The minimum atomic E-state index is -0.511. The van der Waals surface area contributed by atoms with Crippen LogP contribution in [0.3, 0.4) is 0 Å². The zero-order valence-electron chi connectivity index (χ0n) is 17.4. The Kier molecular flexibility index (Phi) is 5.96. The van der Waals surface area contributed by atoms with E-state index < -0.39 is 5.97 Å². The van der Waals surface area contributed by atoms with Gasteiger partial charge in [-0.3, -0.25) is 9.36 Å². The summed E-state index contributed by atoms with van der Waals surface area (Å²) in [5.41, 5.74) is 2.20. The molecule has 29 heavy (non-hydrogen) atoms. The number of fused-ring (bicyclic) bond motifs is 1. The Morgan fingerprint density at radius 2 is 1.76 bits per heavy atom. The Hall–Kier alpha value is -3.22. The SMILES string of the molecule is CCOC(=O)c1c(OCC)c2c(=O)n(-c3ccc(OC)cc3)c(CC)cc2n1C. The molecule has 0 amide bonds. The number of methoxy groups -OCH3 is 1. The van der Waals surface area contributed by atoms with Crippen LogP contribution in [0.2, 0.25) is 0 Å². The van der Waals surface area contributed by atoms with Crippen LogP contribution in [0, 0.1) is 0 Å². The average Bonchev–Trinajstić information content (AvgIpc) is 3.00. The standard InChI is InChI=1S/C22H26N2O5/c1-6-14-13-17-18(20(28-7-2)19(23(17)4)22(26)29-8-3)21(25)24(14)15-9-11-16(27-5)12-10-15/h9-13H,6-8H2,1-5H3. The monoisotopic (exact) mass is 398 g/mol. The van der Waals surface area contributed by atoms with Crippen LogP contribution in [0.5, 0.6) is 11.5 Å². The summed E-state index contributed by atoms with van der Waals surface area (Å²) in [4.78, 5) is 26.2. The molecule has 0 aliphatic rings. The highest BCUT2D eigenvalue weighted by atomic mass is 16.5. The summed E-state index contributed by atoms with van der Waals surface area (Å²) < 4.78 is 19.5. The molecule has 0 saturated heterocycles. The summed E-state index contributed by atoms with van der Waals surface area (Å²) in [6, 6.07) is 9.21. The Balaban J connectivity index is 2.37. The average molecular weight is 398 g/mol. The Bertz CT molecular complexity index is 1090. The summed E-state index contributed by atoms with van der Waals surface area (Å²) in [6.45, 7) is 6.10. The van der Waals surface area contributed by atoms with Gasteiger partial charge in [0.05, 0.1) is 25.8 Å². The van der Waals surface area contributed by atoms with Gasteiger partial charge in [0.15, 0.2) is 11.4 Å². The van der Waals surface area contributed by atoms with E-state index in [4.69, 9.17) is 14.2 Å². The summed E-state index contributed by atoms with van der Waals surface area (Å²) in [7, 11) is 3.34. The van der Waals surface area contributed by atoms with Crippen molar-refractivity contribution in [3.8, 4) is 17.2 Å². The number of carbonyl (C=O) groups excluding carboxylic acids is 1. The number of esters is 1. The molecule has 0 saturated carbocycles. The second-order valence-corrected chi connectivity index (χ2v) is 6.48. The van der Waals surface area contributed by atoms with Crippen LogP contribution in [0.25, 0.3) is 16.6 Å². The van der Waals surface area contributed by atoms with Gasteiger partial charge in [0.2, 0.25) is 0 Å². The van der Waals surface area contributed by atoms with E-state index in [1.165, 1.54) is 0 Å². The number of rotatable bonds is 7. The first-order valence-corrected chi connectivity index (χ1v) is 9.70. The Morgan fingerprint density at radius 3 is 2.31 bits per heavy atom. The van der Waals surface area contributed by atoms with Crippen molar-refractivity contribution < 1.29 is 19.0 Å². The number of ether oxygens (including phenoxy) is 3. The molecule has 0 bridgehead atoms. The van der Waals surface area contributed by atoms with Gasteiger partial charge in [0.25, 0.3) is 5.56 Å². The number of aryl methyl sites for hydroxylation is 2. The molecule has 7 heteroatoms. The first-order valence-electron chi connectivity index (χ1n) is 9.70. The minimum absolute atomic E-state index is 0.237. The molecule has 2 aromatic heterocycles. The number of aromatic nitrogens is 2. The number of benzene rings is 1. The quantitative estimate of drug-likeness (QED) is 0.570. The molecule has 0 fully saturated rings.